The van der Waals surface area contributed by atoms with Crippen molar-refractivity contribution >= 4 is 6.03 Å². The number of amides is 2. The number of phenolic OH excluding ortho intramolecular Hbond substituents is 1. The maximum absolute atomic E-state index is 12.3. The van der Waals surface area contributed by atoms with Gasteiger partial charge in [0, 0.05) is 18.6 Å². The maximum atomic E-state index is 12.3. The van der Waals surface area contributed by atoms with E-state index in [1.807, 2.05) is 12.1 Å². The zero-order chi connectivity index (χ0) is 15.5. The highest BCUT2D eigenvalue weighted by molar-refractivity contribution is 5.75. The molecule has 0 aliphatic heterocycles. The highest BCUT2D eigenvalue weighted by Gasteiger charge is 2.29. The summed E-state index contributed by atoms with van der Waals surface area (Å²) in [4.78, 5) is 12.3. The minimum absolute atomic E-state index is 0.0433. The predicted molar refractivity (Wildman–Crippen MR) is 83.7 cm³/mol. The predicted octanol–water partition coefficient (Wildman–Crippen LogP) is 2.23. The summed E-state index contributed by atoms with van der Waals surface area (Å²) >= 11 is 0. The zero-order valence-electron chi connectivity index (χ0n) is 12.7. The molecule has 2 aliphatic carbocycles. The van der Waals surface area contributed by atoms with Gasteiger partial charge in [0.2, 0.25) is 0 Å². The van der Waals surface area contributed by atoms with E-state index < -0.39 is 0 Å². The molecular formula is C17H24N2O3. The molecule has 2 aliphatic rings. The number of hydrogen-bond donors (Lipinski definition) is 4. The normalized spacial score (nSPS) is 27.2. The molecule has 1 aromatic carbocycles. The molecule has 3 atom stereocenters. The summed E-state index contributed by atoms with van der Waals surface area (Å²) in [5.41, 5.74) is 1.95. The molecule has 5 heteroatoms. The third kappa shape index (κ3) is 3.04. The maximum Gasteiger partial charge on any atom is 0.315 e. The Morgan fingerprint density at radius 2 is 2.00 bits per heavy atom. The van der Waals surface area contributed by atoms with Crippen molar-refractivity contribution in [1.82, 2.24) is 10.6 Å². The number of aliphatic hydroxyl groups excluding tert-OH is 1. The van der Waals surface area contributed by atoms with Crippen molar-refractivity contribution in [3.8, 4) is 5.75 Å². The van der Waals surface area contributed by atoms with Gasteiger partial charge in [-0.3, -0.25) is 0 Å². The van der Waals surface area contributed by atoms with Crippen LogP contribution in [-0.2, 0) is 6.42 Å². The SMILES string of the molecule is O=C(NC1CCc2c(O)cccc21)NC1CCCCC1CO. The summed E-state index contributed by atoms with van der Waals surface area (Å²) in [5.74, 6) is 0.481. The van der Waals surface area contributed by atoms with E-state index in [9.17, 15) is 15.0 Å². The molecule has 3 rings (SSSR count). The molecule has 1 saturated carbocycles. The highest BCUT2D eigenvalue weighted by Crippen LogP contribution is 2.36. The molecule has 4 N–H and O–H groups in total. The van der Waals surface area contributed by atoms with Crippen LogP contribution in [0.15, 0.2) is 18.2 Å². The third-order valence-electron chi connectivity index (χ3n) is 5.01. The Bertz CT molecular complexity index is 547. The number of fused-ring (bicyclic) bond motifs is 1. The molecule has 1 aromatic rings. The third-order valence-corrected chi connectivity index (χ3v) is 5.01. The smallest absolute Gasteiger partial charge is 0.315 e. The average molecular weight is 304 g/mol. The fourth-order valence-electron chi connectivity index (χ4n) is 3.77. The molecule has 2 amide bonds. The van der Waals surface area contributed by atoms with Gasteiger partial charge in [-0.1, -0.05) is 25.0 Å². The lowest BCUT2D eigenvalue weighted by Crippen LogP contribution is -2.48. The van der Waals surface area contributed by atoms with Gasteiger partial charge in [0.25, 0.3) is 0 Å². The van der Waals surface area contributed by atoms with E-state index in [1.165, 1.54) is 0 Å². The van der Waals surface area contributed by atoms with Gasteiger partial charge >= 0.3 is 6.03 Å². The zero-order valence-corrected chi connectivity index (χ0v) is 12.7. The van der Waals surface area contributed by atoms with Crippen molar-refractivity contribution in [2.24, 2.45) is 5.92 Å². The largest absolute Gasteiger partial charge is 0.508 e. The fourth-order valence-corrected chi connectivity index (χ4v) is 3.77. The summed E-state index contributed by atoms with van der Waals surface area (Å²) in [6, 6.07) is 5.31. The van der Waals surface area contributed by atoms with Crippen LogP contribution in [0.25, 0.3) is 0 Å². The summed E-state index contributed by atoms with van der Waals surface area (Å²) in [6.07, 6.45) is 5.73. The van der Waals surface area contributed by atoms with Crippen LogP contribution in [0.5, 0.6) is 5.75 Å². The van der Waals surface area contributed by atoms with Crippen LogP contribution in [0.3, 0.4) is 0 Å². The van der Waals surface area contributed by atoms with Crippen LogP contribution in [-0.4, -0.2) is 28.9 Å². The van der Waals surface area contributed by atoms with E-state index in [4.69, 9.17) is 0 Å². The van der Waals surface area contributed by atoms with E-state index in [2.05, 4.69) is 10.6 Å². The lowest BCUT2D eigenvalue weighted by molar-refractivity contribution is 0.153. The Kier molecular flexibility index (Phi) is 4.52. The summed E-state index contributed by atoms with van der Waals surface area (Å²) < 4.78 is 0. The van der Waals surface area contributed by atoms with E-state index in [-0.39, 0.29) is 30.6 Å². The van der Waals surface area contributed by atoms with Gasteiger partial charge in [-0.05, 0) is 42.9 Å². The van der Waals surface area contributed by atoms with Crippen LogP contribution in [0.4, 0.5) is 4.79 Å². The second-order valence-corrected chi connectivity index (χ2v) is 6.39. The van der Waals surface area contributed by atoms with Crippen LogP contribution in [0.1, 0.15) is 49.3 Å². The Labute approximate surface area is 130 Å². The molecule has 5 nitrogen and oxygen atoms in total. The minimum Gasteiger partial charge on any atom is -0.508 e. The van der Waals surface area contributed by atoms with Crippen LogP contribution >= 0.6 is 0 Å². The molecular weight excluding hydrogens is 280 g/mol. The molecule has 0 heterocycles. The molecule has 0 bridgehead atoms. The van der Waals surface area contributed by atoms with Gasteiger partial charge in [0.1, 0.15) is 5.75 Å². The number of rotatable bonds is 3. The number of carbonyl (C=O) groups excluding carboxylic acids is 1. The lowest BCUT2D eigenvalue weighted by Gasteiger charge is -2.31. The number of aliphatic hydroxyl groups is 1. The number of hydrogen-bond acceptors (Lipinski definition) is 3. The topological polar surface area (TPSA) is 81.6 Å². The van der Waals surface area contributed by atoms with Gasteiger partial charge in [0.15, 0.2) is 0 Å². The molecule has 3 unspecified atom stereocenters. The Morgan fingerprint density at radius 3 is 2.82 bits per heavy atom. The Balaban J connectivity index is 1.60. The molecule has 0 spiro atoms. The lowest BCUT2D eigenvalue weighted by atomic mass is 9.85. The van der Waals surface area contributed by atoms with Crippen molar-refractivity contribution in [2.45, 2.75) is 50.6 Å². The van der Waals surface area contributed by atoms with Crippen molar-refractivity contribution in [2.75, 3.05) is 6.61 Å². The molecule has 22 heavy (non-hydrogen) atoms. The van der Waals surface area contributed by atoms with Crippen molar-refractivity contribution in [3.05, 3.63) is 29.3 Å². The summed E-state index contributed by atoms with van der Waals surface area (Å²) in [5, 5.41) is 25.3. The minimum atomic E-state index is -0.174. The van der Waals surface area contributed by atoms with E-state index in [0.717, 1.165) is 49.7 Å². The van der Waals surface area contributed by atoms with E-state index >= 15 is 0 Å². The van der Waals surface area contributed by atoms with Gasteiger partial charge in [-0.15, -0.1) is 0 Å². The van der Waals surface area contributed by atoms with Crippen LogP contribution in [0, 0.1) is 5.92 Å². The number of aromatic hydroxyl groups is 1. The Hall–Kier alpha value is -1.75. The van der Waals surface area contributed by atoms with E-state index in [0.29, 0.717) is 5.75 Å². The summed E-state index contributed by atoms with van der Waals surface area (Å²) in [6.45, 7) is 0.130. The number of nitrogens with one attached hydrogen (secondary N) is 2. The number of benzene rings is 1. The first-order valence-corrected chi connectivity index (χ1v) is 8.17. The number of urea groups is 1. The first kappa shape index (κ1) is 15.2. The molecule has 120 valence electrons. The van der Waals surface area contributed by atoms with Gasteiger partial charge in [-0.25, -0.2) is 4.79 Å². The second-order valence-electron chi connectivity index (χ2n) is 6.39. The van der Waals surface area contributed by atoms with Crippen LogP contribution < -0.4 is 10.6 Å². The van der Waals surface area contributed by atoms with E-state index in [1.54, 1.807) is 6.07 Å². The monoisotopic (exact) mass is 304 g/mol. The molecule has 1 fully saturated rings. The first-order chi connectivity index (χ1) is 10.7. The Morgan fingerprint density at radius 1 is 1.18 bits per heavy atom. The van der Waals surface area contributed by atoms with Crippen molar-refractivity contribution in [1.29, 1.82) is 0 Å². The van der Waals surface area contributed by atoms with Crippen molar-refractivity contribution in [3.63, 3.8) is 0 Å². The van der Waals surface area contributed by atoms with Gasteiger partial charge in [-0.2, -0.15) is 0 Å². The number of carbonyl (C=O) groups is 1. The average Bonchev–Trinajstić information content (AvgIpc) is 2.92. The highest BCUT2D eigenvalue weighted by atomic mass is 16.3. The standard InChI is InChI=1S/C17H24N2O3/c20-10-11-4-1-2-6-14(11)18-17(22)19-15-9-8-13-12(15)5-3-7-16(13)21/h3,5,7,11,14-15,20-21H,1-2,4,6,8-10H2,(H2,18,19,22). The first-order valence-electron chi connectivity index (χ1n) is 8.17. The second kappa shape index (κ2) is 6.57. The summed E-state index contributed by atoms with van der Waals surface area (Å²) in [7, 11) is 0. The van der Waals surface area contributed by atoms with Gasteiger partial charge in [0.05, 0.1) is 6.04 Å². The quantitative estimate of drug-likeness (QED) is 0.691. The number of phenols is 1. The van der Waals surface area contributed by atoms with Crippen LogP contribution in [0.2, 0.25) is 0 Å². The molecule has 0 saturated heterocycles. The van der Waals surface area contributed by atoms with Crippen molar-refractivity contribution < 1.29 is 15.0 Å². The molecule has 0 radical (unpaired) electrons. The van der Waals surface area contributed by atoms with Gasteiger partial charge < -0.3 is 20.8 Å². The molecule has 0 aromatic heterocycles. The fraction of sp³-hybridized carbons (Fsp3) is 0.588.